The molecule has 26 heavy (non-hydrogen) atoms. The number of carbonyl (C=O) groups excluding carboxylic acids is 3. The van der Waals surface area contributed by atoms with Crippen molar-refractivity contribution in [2.75, 3.05) is 12.3 Å². The standard InChI is InChI=1S/C19H15FN2O3S/c20-11-5-6-16-14(9-11)15(7-8-26-16)21-17(23)10-22-18(24)12-3-1-2-4-13(12)19(22)25/h1-6,9,15H,7-8,10H2,(H,21,23). The van der Waals surface area contributed by atoms with Gasteiger partial charge < -0.3 is 5.32 Å². The molecule has 1 atom stereocenters. The normalized spacial score (nSPS) is 18.5. The third-order valence-corrected chi connectivity index (χ3v) is 5.65. The third-order valence-electron chi connectivity index (χ3n) is 4.53. The fourth-order valence-electron chi connectivity index (χ4n) is 3.28. The molecule has 1 unspecified atom stereocenters. The number of hydrogen-bond donors (Lipinski definition) is 1. The molecule has 0 radical (unpaired) electrons. The van der Waals surface area contributed by atoms with E-state index in [2.05, 4.69) is 5.32 Å². The first kappa shape index (κ1) is 16.8. The highest BCUT2D eigenvalue weighted by Gasteiger charge is 2.36. The SMILES string of the molecule is O=C(CN1C(=O)c2ccccc2C1=O)NC1CCSc2ccc(F)cc21. The van der Waals surface area contributed by atoms with E-state index in [0.29, 0.717) is 17.5 Å². The van der Waals surface area contributed by atoms with Crippen molar-refractivity contribution in [2.45, 2.75) is 17.4 Å². The highest BCUT2D eigenvalue weighted by Crippen LogP contribution is 2.36. The van der Waals surface area contributed by atoms with Gasteiger partial charge in [0.2, 0.25) is 5.91 Å². The van der Waals surface area contributed by atoms with Gasteiger partial charge in [-0.3, -0.25) is 19.3 Å². The second kappa shape index (κ2) is 6.57. The molecule has 0 fully saturated rings. The number of nitrogens with zero attached hydrogens (tertiary/aromatic N) is 1. The zero-order valence-electron chi connectivity index (χ0n) is 13.7. The average Bonchev–Trinajstić information content (AvgIpc) is 2.87. The number of nitrogens with one attached hydrogen (secondary N) is 1. The molecule has 7 heteroatoms. The van der Waals surface area contributed by atoms with Crippen molar-refractivity contribution in [2.24, 2.45) is 0 Å². The summed E-state index contributed by atoms with van der Waals surface area (Å²) in [6.45, 7) is -0.347. The molecule has 0 spiro atoms. The van der Waals surface area contributed by atoms with Crippen molar-refractivity contribution in [1.82, 2.24) is 10.2 Å². The molecule has 2 aromatic carbocycles. The van der Waals surface area contributed by atoms with Crippen LogP contribution in [0.1, 0.15) is 38.7 Å². The first-order valence-electron chi connectivity index (χ1n) is 8.21. The van der Waals surface area contributed by atoms with Gasteiger partial charge in [0.25, 0.3) is 11.8 Å². The zero-order valence-corrected chi connectivity index (χ0v) is 14.5. The first-order chi connectivity index (χ1) is 12.5. The van der Waals surface area contributed by atoms with Crippen LogP contribution in [0.2, 0.25) is 0 Å². The highest BCUT2D eigenvalue weighted by molar-refractivity contribution is 7.99. The summed E-state index contributed by atoms with van der Waals surface area (Å²) >= 11 is 1.62. The van der Waals surface area contributed by atoms with Gasteiger partial charge in [-0.15, -0.1) is 11.8 Å². The first-order valence-corrected chi connectivity index (χ1v) is 9.20. The molecule has 2 aromatic rings. The molecule has 0 saturated heterocycles. The molecule has 132 valence electrons. The van der Waals surface area contributed by atoms with Gasteiger partial charge in [-0.2, -0.15) is 0 Å². The van der Waals surface area contributed by atoms with Crippen LogP contribution in [0.3, 0.4) is 0 Å². The molecule has 3 amide bonds. The van der Waals surface area contributed by atoms with Crippen LogP contribution in [0.5, 0.6) is 0 Å². The van der Waals surface area contributed by atoms with E-state index in [1.54, 1.807) is 42.1 Å². The molecule has 0 aliphatic carbocycles. The number of thioether (sulfide) groups is 1. The molecule has 2 heterocycles. The summed E-state index contributed by atoms with van der Waals surface area (Å²) in [5.74, 6) is -0.924. The lowest BCUT2D eigenvalue weighted by Gasteiger charge is -2.26. The highest BCUT2D eigenvalue weighted by atomic mass is 32.2. The fraction of sp³-hybridized carbons (Fsp3) is 0.211. The lowest BCUT2D eigenvalue weighted by atomic mass is 10.0. The maximum atomic E-state index is 13.6. The second-order valence-electron chi connectivity index (χ2n) is 6.18. The van der Waals surface area contributed by atoms with Crippen LogP contribution in [-0.4, -0.2) is 34.9 Å². The van der Waals surface area contributed by atoms with Crippen LogP contribution < -0.4 is 5.32 Å². The average molecular weight is 370 g/mol. The quantitative estimate of drug-likeness (QED) is 0.844. The smallest absolute Gasteiger partial charge is 0.262 e. The monoisotopic (exact) mass is 370 g/mol. The van der Waals surface area contributed by atoms with Crippen molar-refractivity contribution in [3.8, 4) is 0 Å². The molecule has 1 N–H and O–H groups in total. The molecule has 2 aliphatic rings. The lowest BCUT2D eigenvalue weighted by molar-refractivity contribution is -0.122. The molecular weight excluding hydrogens is 355 g/mol. The molecule has 0 saturated carbocycles. The Morgan fingerprint density at radius 1 is 1.15 bits per heavy atom. The summed E-state index contributed by atoms with van der Waals surface area (Å²) in [6, 6.07) is 10.7. The van der Waals surface area contributed by atoms with E-state index in [0.717, 1.165) is 21.1 Å². The van der Waals surface area contributed by atoms with Gasteiger partial charge in [0.15, 0.2) is 0 Å². The topological polar surface area (TPSA) is 66.5 Å². The van der Waals surface area contributed by atoms with Crippen LogP contribution in [-0.2, 0) is 4.79 Å². The van der Waals surface area contributed by atoms with Crippen molar-refractivity contribution in [3.05, 3.63) is 65.0 Å². The molecule has 0 aromatic heterocycles. The maximum Gasteiger partial charge on any atom is 0.262 e. The lowest BCUT2D eigenvalue weighted by Crippen LogP contribution is -2.42. The van der Waals surface area contributed by atoms with Crippen molar-refractivity contribution in [1.29, 1.82) is 0 Å². The maximum absolute atomic E-state index is 13.6. The van der Waals surface area contributed by atoms with Gasteiger partial charge in [-0.25, -0.2) is 4.39 Å². The number of rotatable bonds is 3. The van der Waals surface area contributed by atoms with Gasteiger partial charge in [0.1, 0.15) is 12.4 Å². The van der Waals surface area contributed by atoms with E-state index in [1.807, 2.05) is 0 Å². The Morgan fingerprint density at radius 2 is 1.85 bits per heavy atom. The number of imide groups is 1. The van der Waals surface area contributed by atoms with Crippen LogP contribution >= 0.6 is 11.8 Å². The minimum atomic E-state index is -0.466. The predicted molar refractivity (Wildman–Crippen MR) is 94.4 cm³/mol. The molecular formula is C19H15FN2O3S. The van der Waals surface area contributed by atoms with Crippen LogP contribution in [0.25, 0.3) is 0 Å². The summed E-state index contributed by atoms with van der Waals surface area (Å²) in [7, 11) is 0. The Bertz CT molecular complexity index is 896. The number of hydrogen-bond acceptors (Lipinski definition) is 4. The third kappa shape index (κ3) is 2.88. The zero-order chi connectivity index (χ0) is 18.3. The Labute approximate surface area is 153 Å². The van der Waals surface area contributed by atoms with Gasteiger partial charge in [0.05, 0.1) is 17.2 Å². The molecule has 4 rings (SSSR count). The fourth-order valence-corrected chi connectivity index (χ4v) is 4.39. The minimum absolute atomic E-state index is 0.312. The van der Waals surface area contributed by atoms with Crippen molar-refractivity contribution < 1.29 is 18.8 Å². The number of fused-ring (bicyclic) bond motifs is 2. The van der Waals surface area contributed by atoms with Crippen LogP contribution in [0.4, 0.5) is 4.39 Å². The van der Waals surface area contributed by atoms with E-state index in [9.17, 15) is 18.8 Å². The predicted octanol–water partition coefficient (Wildman–Crippen LogP) is 2.78. The second-order valence-corrected chi connectivity index (χ2v) is 7.32. The van der Waals surface area contributed by atoms with Crippen molar-refractivity contribution in [3.63, 3.8) is 0 Å². The van der Waals surface area contributed by atoms with E-state index < -0.39 is 17.7 Å². The summed E-state index contributed by atoms with van der Waals surface area (Å²) in [5, 5.41) is 2.83. The summed E-state index contributed by atoms with van der Waals surface area (Å²) in [6.07, 6.45) is 0.662. The van der Waals surface area contributed by atoms with Gasteiger partial charge >= 0.3 is 0 Å². The molecule has 2 aliphatic heterocycles. The number of benzene rings is 2. The number of carbonyl (C=O) groups is 3. The largest absolute Gasteiger partial charge is 0.348 e. The van der Waals surface area contributed by atoms with E-state index in [-0.39, 0.29) is 18.4 Å². The van der Waals surface area contributed by atoms with E-state index in [1.165, 1.54) is 12.1 Å². The van der Waals surface area contributed by atoms with Gasteiger partial charge in [-0.1, -0.05) is 12.1 Å². The minimum Gasteiger partial charge on any atom is -0.348 e. The Kier molecular flexibility index (Phi) is 4.24. The Morgan fingerprint density at radius 3 is 2.54 bits per heavy atom. The molecule has 5 nitrogen and oxygen atoms in total. The number of halogens is 1. The van der Waals surface area contributed by atoms with Crippen molar-refractivity contribution >= 4 is 29.5 Å². The number of amides is 3. The van der Waals surface area contributed by atoms with E-state index in [4.69, 9.17) is 0 Å². The molecule has 0 bridgehead atoms. The summed E-state index contributed by atoms with van der Waals surface area (Å²) in [5.41, 5.74) is 1.36. The Balaban J connectivity index is 1.49. The van der Waals surface area contributed by atoms with Crippen LogP contribution in [0, 0.1) is 5.82 Å². The summed E-state index contributed by atoms with van der Waals surface area (Å²) < 4.78 is 13.6. The van der Waals surface area contributed by atoms with E-state index >= 15 is 0 Å². The van der Waals surface area contributed by atoms with Gasteiger partial charge in [-0.05, 0) is 42.3 Å². The van der Waals surface area contributed by atoms with Crippen LogP contribution in [0.15, 0.2) is 47.4 Å². The van der Waals surface area contributed by atoms with Gasteiger partial charge in [0, 0.05) is 10.6 Å². The Hall–Kier alpha value is -2.67. The summed E-state index contributed by atoms with van der Waals surface area (Å²) in [4.78, 5) is 39.0.